The first-order valence-corrected chi connectivity index (χ1v) is 32.5. The molecule has 0 saturated heterocycles. The number of ether oxygens (including phenoxy) is 11. The second kappa shape index (κ2) is 54.7. The number of carbonyl (C=O) groups excluding carboxylic acids is 2. The summed E-state index contributed by atoms with van der Waals surface area (Å²) in [6.07, 6.45) is 26.1. The number of unbranched alkanes of at least 4 members (excludes halogenated alkanes) is 18. The van der Waals surface area contributed by atoms with E-state index in [9.17, 15) is 19.0 Å². The minimum atomic E-state index is -3.55. The van der Waals surface area contributed by atoms with Crippen LogP contribution in [0.25, 0.3) is 0 Å². The van der Waals surface area contributed by atoms with Gasteiger partial charge in [-0.25, -0.2) is 4.79 Å². The molecule has 74 heavy (non-hydrogen) atoms. The number of esters is 2. The zero-order valence-electron chi connectivity index (χ0n) is 46.2. The van der Waals surface area contributed by atoms with Gasteiger partial charge in [-0.05, 0) is 38.3 Å². The van der Waals surface area contributed by atoms with Crippen molar-refractivity contribution >= 4 is 41.1 Å². The zero-order chi connectivity index (χ0) is 53.5. The maximum atomic E-state index is 13.1. The zero-order valence-corrected chi connectivity index (χ0v) is 48.7. The van der Waals surface area contributed by atoms with E-state index in [-0.39, 0.29) is 38.4 Å². The second-order valence-electron chi connectivity index (χ2n) is 17.9. The molecule has 0 saturated carbocycles. The van der Waals surface area contributed by atoms with Crippen molar-refractivity contribution < 1.29 is 75.7 Å². The van der Waals surface area contributed by atoms with Gasteiger partial charge >= 0.3 is 19.5 Å². The van der Waals surface area contributed by atoms with Crippen LogP contribution < -0.4 is 9.47 Å². The molecule has 1 atom stereocenters. The van der Waals surface area contributed by atoms with Gasteiger partial charge in [-0.1, -0.05) is 151 Å². The molecule has 0 bridgehead atoms. The van der Waals surface area contributed by atoms with Gasteiger partial charge in [0.05, 0.1) is 117 Å². The van der Waals surface area contributed by atoms with Crippen LogP contribution in [0.1, 0.15) is 172 Å². The fourth-order valence-electron chi connectivity index (χ4n) is 7.23. The monoisotopic (exact) mass is 1110 g/mol. The van der Waals surface area contributed by atoms with Gasteiger partial charge in [0.25, 0.3) is 0 Å². The molecule has 0 aliphatic heterocycles. The highest BCUT2D eigenvalue weighted by Crippen LogP contribution is 2.41. The Bertz CT molecular complexity index is 1410. The fraction of sp³-hybridized carbons (Fsp3) is 0.855. The Balaban J connectivity index is 2.08. The first kappa shape index (κ1) is 70.3. The lowest BCUT2D eigenvalue weighted by atomic mass is 10.1. The maximum absolute atomic E-state index is 13.1. The Morgan fingerprint density at radius 1 is 0.432 bits per heavy atom. The van der Waals surface area contributed by atoms with Crippen LogP contribution in [0.5, 0.6) is 11.5 Å². The van der Waals surface area contributed by atoms with Crippen LogP contribution >= 0.6 is 29.2 Å². The molecule has 0 heterocycles. The van der Waals surface area contributed by atoms with Crippen molar-refractivity contribution in [2.24, 2.45) is 0 Å². The molecule has 0 aromatic heterocycles. The molecule has 0 spiro atoms. The minimum Gasteiger partial charge on any atom is -0.493 e. The van der Waals surface area contributed by atoms with E-state index in [0.717, 1.165) is 25.7 Å². The SMILES string of the molecule is CCCCCCCCCCCCOc1cc(OCCCCCCCCCCCC)cc(C(=O)OCCSSCCOC(=O)CCCOCCOCCOCCOCCOCCOCCOCCP(=O)(O)OCC)c1. The Hall–Kier alpha value is -1.67. The molecule has 1 rings (SSSR count). The lowest BCUT2D eigenvalue weighted by molar-refractivity contribution is -0.143. The second-order valence-corrected chi connectivity index (χ2v) is 22.6. The van der Waals surface area contributed by atoms with Crippen LogP contribution in [0.3, 0.4) is 0 Å². The Morgan fingerprint density at radius 2 is 0.797 bits per heavy atom. The molecular weight excluding hydrogens is 1010 g/mol. The molecule has 0 amide bonds. The summed E-state index contributed by atoms with van der Waals surface area (Å²) in [5.74, 6) is 1.88. The molecule has 0 fully saturated rings. The van der Waals surface area contributed by atoms with Crippen molar-refractivity contribution in [1.82, 2.24) is 0 Å². The van der Waals surface area contributed by atoms with E-state index in [1.54, 1.807) is 40.6 Å². The molecule has 1 N–H and O–H groups in total. The molecule has 0 aliphatic carbocycles. The van der Waals surface area contributed by atoms with Gasteiger partial charge in [0.2, 0.25) is 0 Å². The lowest BCUT2D eigenvalue weighted by Gasteiger charge is -2.13. The van der Waals surface area contributed by atoms with Gasteiger partial charge in [-0.15, -0.1) is 0 Å². The van der Waals surface area contributed by atoms with Gasteiger partial charge < -0.3 is 61.5 Å². The van der Waals surface area contributed by atoms with Gasteiger partial charge in [-0.2, -0.15) is 0 Å². The Kier molecular flexibility index (Phi) is 52.0. The number of benzene rings is 1. The Labute approximate surface area is 455 Å². The summed E-state index contributed by atoms with van der Waals surface area (Å²) in [6.45, 7) is 13.8. The highest BCUT2D eigenvalue weighted by Gasteiger charge is 2.17. The van der Waals surface area contributed by atoms with E-state index in [1.807, 2.05) is 6.07 Å². The highest BCUT2D eigenvalue weighted by molar-refractivity contribution is 8.76. The number of rotatable bonds is 59. The average Bonchev–Trinajstić information content (AvgIpc) is 3.39. The third-order valence-corrected chi connectivity index (χ3v) is 15.1. The third kappa shape index (κ3) is 48.7. The van der Waals surface area contributed by atoms with Crippen molar-refractivity contribution in [1.29, 1.82) is 0 Å². The van der Waals surface area contributed by atoms with Crippen LogP contribution in [0.15, 0.2) is 18.2 Å². The summed E-state index contributed by atoms with van der Waals surface area (Å²) in [4.78, 5) is 34.8. The predicted molar refractivity (Wildman–Crippen MR) is 299 cm³/mol. The largest absolute Gasteiger partial charge is 0.493 e. The van der Waals surface area contributed by atoms with E-state index in [0.29, 0.717) is 141 Å². The molecule has 16 nitrogen and oxygen atoms in total. The molecular formula is C55H101O16PS2. The predicted octanol–water partition coefficient (Wildman–Crippen LogP) is 12.5. The molecule has 19 heteroatoms. The van der Waals surface area contributed by atoms with Crippen molar-refractivity contribution in [2.45, 2.75) is 162 Å². The third-order valence-electron chi connectivity index (χ3n) is 11.3. The Morgan fingerprint density at radius 3 is 1.20 bits per heavy atom. The summed E-state index contributed by atoms with van der Waals surface area (Å²) in [5.41, 5.74) is 0.434. The topological polar surface area (TPSA) is 182 Å². The molecule has 434 valence electrons. The van der Waals surface area contributed by atoms with Crippen molar-refractivity contribution in [3.63, 3.8) is 0 Å². The highest BCUT2D eigenvalue weighted by atomic mass is 33.1. The van der Waals surface area contributed by atoms with Crippen LogP contribution in [-0.4, -0.2) is 160 Å². The van der Waals surface area contributed by atoms with Crippen LogP contribution in [-0.2, 0) is 56.5 Å². The first-order chi connectivity index (χ1) is 36.3. The molecule has 1 aromatic rings. The van der Waals surface area contributed by atoms with Crippen LogP contribution in [0.2, 0.25) is 0 Å². The standard InChI is InChI=1S/C55H101O16PS2/c1-4-7-9-11-13-15-17-19-21-23-28-67-52-48-51(49-53(50-52)68-29-24-22-20-18-16-14-12-10-8-5-2)55(57)70-44-47-74-73-46-43-69-54(56)26-25-27-60-30-31-61-32-33-62-34-35-63-36-37-64-38-39-65-40-41-66-42-45-72(58,59)71-6-3/h48-50H,4-47H2,1-3H3,(H,58,59). The summed E-state index contributed by atoms with van der Waals surface area (Å²) in [5, 5.41) is 0. The van der Waals surface area contributed by atoms with Crippen LogP contribution in [0.4, 0.5) is 0 Å². The van der Waals surface area contributed by atoms with Gasteiger partial charge in [-0.3, -0.25) is 9.36 Å². The lowest BCUT2D eigenvalue weighted by Crippen LogP contribution is -2.15. The van der Waals surface area contributed by atoms with E-state index in [1.165, 1.54) is 103 Å². The van der Waals surface area contributed by atoms with E-state index in [2.05, 4.69) is 13.8 Å². The maximum Gasteiger partial charge on any atom is 0.338 e. The molecule has 1 aromatic carbocycles. The van der Waals surface area contributed by atoms with Crippen molar-refractivity contribution in [2.75, 3.05) is 143 Å². The smallest absolute Gasteiger partial charge is 0.338 e. The molecule has 0 aliphatic rings. The summed E-state index contributed by atoms with van der Waals surface area (Å²) in [7, 11) is -0.394. The first-order valence-electron chi connectivity index (χ1n) is 28.3. The number of hydrogen-bond acceptors (Lipinski definition) is 17. The molecule has 0 radical (unpaired) electrons. The van der Waals surface area contributed by atoms with Gasteiger partial charge in [0.1, 0.15) is 24.7 Å². The quantitative estimate of drug-likeness (QED) is 0.0281. The number of hydrogen-bond donors (Lipinski definition) is 1. The van der Waals surface area contributed by atoms with Crippen LogP contribution in [0, 0.1) is 0 Å². The van der Waals surface area contributed by atoms with E-state index in [4.69, 9.17) is 56.6 Å². The minimum absolute atomic E-state index is 0.0389. The van der Waals surface area contributed by atoms with E-state index < -0.39 is 13.6 Å². The summed E-state index contributed by atoms with van der Waals surface area (Å²) < 4.78 is 77.8. The average molecular weight is 1110 g/mol. The fourth-order valence-corrected chi connectivity index (χ4v) is 9.78. The summed E-state index contributed by atoms with van der Waals surface area (Å²) in [6, 6.07) is 5.42. The van der Waals surface area contributed by atoms with Crippen molar-refractivity contribution in [3.8, 4) is 11.5 Å². The summed E-state index contributed by atoms with van der Waals surface area (Å²) >= 11 is 0. The number of carbonyl (C=O) groups is 2. The van der Waals surface area contributed by atoms with Gasteiger partial charge in [0.15, 0.2) is 0 Å². The van der Waals surface area contributed by atoms with Crippen molar-refractivity contribution in [3.05, 3.63) is 23.8 Å². The molecule has 1 unspecified atom stereocenters. The normalized spacial score (nSPS) is 12.3. The van der Waals surface area contributed by atoms with E-state index >= 15 is 0 Å². The van der Waals surface area contributed by atoms with Gasteiger partial charge in [0, 0.05) is 30.6 Å².